The molecule has 0 aliphatic carbocycles. The van der Waals surface area contributed by atoms with E-state index in [0.29, 0.717) is 21.5 Å². The first-order valence-electron chi connectivity index (χ1n) is 11.1. The summed E-state index contributed by atoms with van der Waals surface area (Å²) in [5, 5.41) is 2.54. The average Bonchev–Trinajstić information content (AvgIpc) is 2.90. The Hall–Kier alpha value is -3.85. The number of hydrogen-bond acceptors (Lipinski definition) is 7. The summed E-state index contributed by atoms with van der Waals surface area (Å²) in [7, 11) is 2.76. The second kappa shape index (κ2) is 11.3. The summed E-state index contributed by atoms with van der Waals surface area (Å²) in [5.41, 5.74) is 1.68. The minimum atomic E-state index is -1.31. The maximum absolute atomic E-state index is 13.5. The number of amides is 1. The van der Waals surface area contributed by atoms with E-state index >= 15 is 0 Å². The number of ether oxygens (including phenoxy) is 4. The van der Waals surface area contributed by atoms with Crippen molar-refractivity contribution in [3.05, 3.63) is 94.0 Å². The van der Waals surface area contributed by atoms with Gasteiger partial charge >= 0.3 is 12.1 Å². The molecule has 1 aliphatic heterocycles. The molecular formula is C27H24BrNO7. The van der Waals surface area contributed by atoms with Crippen molar-refractivity contribution >= 4 is 33.8 Å². The lowest BCUT2D eigenvalue weighted by Crippen LogP contribution is -2.47. The van der Waals surface area contributed by atoms with Crippen LogP contribution in [0.1, 0.15) is 27.6 Å². The van der Waals surface area contributed by atoms with E-state index in [2.05, 4.69) is 21.2 Å². The first-order chi connectivity index (χ1) is 17.4. The zero-order valence-electron chi connectivity index (χ0n) is 19.6. The molecule has 8 nitrogen and oxygen atoms in total. The van der Waals surface area contributed by atoms with Crippen LogP contribution in [-0.2, 0) is 20.7 Å². The molecule has 0 saturated carbocycles. The van der Waals surface area contributed by atoms with Gasteiger partial charge in [0.15, 0.2) is 6.10 Å². The topological polar surface area (TPSA) is 100 Å². The highest BCUT2D eigenvalue weighted by Gasteiger charge is 2.42. The number of esters is 1. The van der Waals surface area contributed by atoms with Crippen LogP contribution >= 0.6 is 15.9 Å². The van der Waals surface area contributed by atoms with Crippen molar-refractivity contribution < 1.29 is 33.3 Å². The van der Waals surface area contributed by atoms with Crippen molar-refractivity contribution in [2.75, 3.05) is 14.2 Å². The van der Waals surface area contributed by atoms with Gasteiger partial charge in [-0.15, -0.1) is 0 Å². The van der Waals surface area contributed by atoms with Crippen LogP contribution < -0.4 is 14.8 Å². The number of carbonyl (C=O) groups is 3. The number of Topliss-reactive ketones (excluding diaryl/α,β-unsaturated/α-hetero) is 1. The molecule has 0 saturated heterocycles. The van der Waals surface area contributed by atoms with E-state index in [4.69, 9.17) is 18.9 Å². The highest BCUT2D eigenvalue weighted by molar-refractivity contribution is 9.10. The molecule has 0 aromatic heterocycles. The number of ketones is 1. The molecule has 3 aromatic carbocycles. The lowest BCUT2D eigenvalue weighted by Gasteiger charge is -2.32. The predicted molar refractivity (Wildman–Crippen MR) is 134 cm³/mol. The zero-order chi connectivity index (χ0) is 25.7. The van der Waals surface area contributed by atoms with E-state index in [1.165, 1.54) is 14.2 Å². The molecule has 0 fully saturated rings. The number of nitrogens with one attached hydrogen (secondary N) is 1. The van der Waals surface area contributed by atoms with Gasteiger partial charge in [-0.25, -0.2) is 9.59 Å². The second-order valence-corrected chi connectivity index (χ2v) is 8.97. The van der Waals surface area contributed by atoms with Crippen LogP contribution in [0.15, 0.2) is 77.3 Å². The molecule has 9 heteroatoms. The Bertz CT molecular complexity index is 1260. The van der Waals surface area contributed by atoms with Crippen LogP contribution in [0.4, 0.5) is 4.79 Å². The van der Waals surface area contributed by atoms with Gasteiger partial charge < -0.3 is 24.3 Å². The summed E-state index contributed by atoms with van der Waals surface area (Å²) in [5.74, 6) is -0.145. The molecule has 0 radical (unpaired) electrons. The van der Waals surface area contributed by atoms with Gasteiger partial charge in [-0.2, -0.15) is 0 Å². The number of hydrogen-bond donors (Lipinski definition) is 1. The molecule has 1 aliphatic rings. The first kappa shape index (κ1) is 25.2. The Kier molecular flexibility index (Phi) is 7.90. The fraction of sp³-hybridized carbons (Fsp3) is 0.222. The van der Waals surface area contributed by atoms with Gasteiger partial charge in [0.25, 0.3) is 0 Å². The highest BCUT2D eigenvalue weighted by Crippen LogP contribution is 2.38. The van der Waals surface area contributed by atoms with Gasteiger partial charge in [-0.3, -0.25) is 4.79 Å². The number of methoxy groups -OCH3 is 2. The summed E-state index contributed by atoms with van der Waals surface area (Å²) in [6.45, 7) is 0. The SMILES string of the molecule is COC(=O)[C@H](Cc1ccccc1)NC(=O)O[C@@H]1C(=O)c2cc(Br)ccc2O[C@H]1c1cccc(OC)c1. The average molecular weight is 554 g/mol. The molecule has 4 rings (SSSR count). The number of carbonyl (C=O) groups excluding carboxylic acids is 3. The van der Waals surface area contributed by atoms with Crippen molar-refractivity contribution in [2.45, 2.75) is 24.7 Å². The Morgan fingerprint density at radius 2 is 1.81 bits per heavy atom. The molecule has 1 amide bonds. The van der Waals surface area contributed by atoms with Crippen LogP contribution in [0.5, 0.6) is 11.5 Å². The quantitative estimate of drug-likeness (QED) is 0.425. The number of alkyl carbamates (subject to hydrolysis) is 1. The monoisotopic (exact) mass is 553 g/mol. The summed E-state index contributed by atoms with van der Waals surface area (Å²) < 4.78 is 22.6. The lowest BCUT2D eigenvalue weighted by molar-refractivity contribution is -0.143. The van der Waals surface area contributed by atoms with Crippen LogP contribution in [0, 0.1) is 0 Å². The third-order valence-electron chi connectivity index (χ3n) is 5.71. The summed E-state index contributed by atoms with van der Waals surface area (Å²) in [6, 6.07) is 20.2. The Balaban J connectivity index is 1.61. The summed E-state index contributed by atoms with van der Waals surface area (Å²) >= 11 is 3.36. The third kappa shape index (κ3) is 5.68. The van der Waals surface area contributed by atoms with Gasteiger partial charge in [0.05, 0.1) is 19.8 Å². The van der Waals surface area contributed by atoms with E-state index < -0.39 is 36.1 Å². The predicted octanol–water partition coefficient (Wildman–Crippen LogP) is 4.65. The Morgan fingerprint density at radius 1 is 1.03 bits per heavy atom. The molecular weight excluding hydrogens is 530 g/mol. The maximum atomic E-state index is 13.5. The summed E-state index contributed by atoms with van der Waals surface area (Å²) in [4.78, 5) is 38.8. The Labute approximate surface area is 216 Å². The van der Waals surface area contributed by atoms with E-state index in [9.17, 15) is 14.4 Å². The van der Waals surface area contributed by atoms with Crippen molar-refractivity contribution in [1.82, 2.24) is 5.32 Å². The molecule has 186 valence electrons. The minimum Gasteiger partial charge on any atom is -0.497 e. The summed E-state index contributed by atoms with van der Waals surface area (Å²) in [6.07, 6.45) is -3.01. The molecule has 3 atom stereocenters. The van der Waals surface area contributed by atoms with E-state index in [1.54, 1.807) is 42.5 Å². The van der Waals surface area contributed by atoms with Crippen LogP contribution in [-0.4, -0.2) is 44.2 Å². The minimum absolute atomic E-state index is 0.187. The molecule has 3 aromatic rings. The lowest BCUT2D eigenvalue weighted by atomic mass is 9.93. The van der Waals surface area contributed by atoms with Gasteiger partial charge in [-0.1, -0.05) is 58.4 Å². The van der Waals surface area contributed by atoms with Gasteiger partial charge in [-0.05, 0) is 35.9 Å². The van der Waals surface area contributed by atoms with Crippen LogP contribution in [0.25, 0.3) is 0 Å². The standard InChI is InChI=1S/C27H24BrNO7/c1-33-19-10-6-9-17(14-19)24-25(23(30)20-15-18(28)11-12-22(20)35-24)36-27(32)29-21(26(31)34-2)13-16-7-4-3-5-8-16/h3-12,14-15,21,24-25H,13H2,1-2H3,(H,29,32)/t21-,24-,25+/m0/s1. The number of benzene rings is 3. The number of rotatable bonds is 7. The Morgan fingerprint density at radius 3 is 2.53 bits per heavy atom. The molecule has 0 unspecified atom stereocenters. The fourth-order valence-corrected chi connectivity index (χ4v) is 4.30. The zero-order valence-corrected chi connectivity index (χ0v) is 21.2. The largest absolute Gasteiger partial charge is 0.497 e. The number of halogens is 1. The third-order valence-corrected chi connectivity index (χ3v) is 6.20. The van der Waals surface area contributed by atoms with E-state index in [-0.39, 0.29) is 12.0 Å². The van der Waals surface area contributed by atoms with Crippen molar-refractivity contribution in [3.8, 4) is 11.5 Å². The molecule has 36 heavy (non-hydrogen) atoms. The van der Waals surface area contributed by atoms with Crippen LogP contribution in [0.3, 0.4) is 0 Å². The van der Waals surface area contributed by atoms with Gasteiger partial charge in [0.2, 0.25) is 11.9 Å². The van der Waals surface area contributed by atoms with Crippen LogP contribution in [0.2, 0.25) is 0 Å². The molecule has 0 spiro atoms. The maximum Gasteiger partial charge on any atom is 0.408 e. The van der Waals surface area contributed by atoms with E-state index in [1.807, 2.05) is 30.3 Å². The van der Waals surface area contributed by atoms with Crippen molar-refractivity contribution in [3.63, 3.8) is 0 Å². The fourth-order valence-electron chi connectivity index (χ4n) is 3.94. The van der Waals surface area contributed by atoms with Gasteiger partial charge in [0.1, 0.15) is 17.5 Å². The first-order valence-corrected chi connectivity index (χ1v) is 11.9. The van der Waals surface area contributed by atoms with Gasteiger partial charge in [0, 0.05) is 16.5 Å². The highest BCUT2D eigenvalue weighted by atomic mass is 79.9. The second-order valence-electron chi connectivity index (χ2n) is 8.06. The molecule has 0 bridgehead atoms. The normalized spacial score (nSPS) is 17.2. The van der Waals surface area contributed by atoms with Crippen molar-refractivity contribution in [1.29, 1.82) is 0 Å². The van der Waals surface area contributed by atoms with Crippen molar-refractivity contribution in [2.24, 2.45) is 0 Å². The smallest absolute Gasteiger partial charge is 0.408 e. The molecule has 1 N–H and O–H groups in total. The molecule has 1 heterocycles. The number of fused-ring (bicyclic) bond motifs is 1. The van der Waals surface area contributed by atoms with E-state index in [0.717, 1.165) is 5.56 Å².